The van der Waals surface area contributed by atoms with E-state index in [1.165, 1.54) is 24.0 Å². The van der Waals surface area contributed by atoms with Gasteiger partial charge in [-0.2, -0.15) is 0 Å². The lowest BCUT2D eigenvalue weighted by atomic mass is 10.2. The van der Waals surface area contributed by atoms with Crippen LogP contribution >= 0.6 is 11.8 Å². The quantitative estimate of drug-likeness (QED) is 0.467. The summed E-state index contributed by atoms with van der Waals surface area (Å²) in [5.41, 5.74) is 2.66. The van der Waals surface area contributed by atoms with Gasteiger partial charge in [0.15, 0.2) is 5.16 Å². The zero-order chi connectivity index (χ0) is 19.9. The van der Waals surface area contributed by atoms with Gasteiger partial charge in [0.25, 0.3) is 5.56 Å². The zero-order valence-corrected chi connectivity index (χ0v) is 16.6. The number of amides is 1. The highest BCUT2D eigenvalue weighted by Crippen LogP contribution is 2.28. The van der Waals surface area contributed by atoms with Crippen LogP contribution in [-0.4, -0.2) is 27.7 Å². The molecule has 2 N–H and O–H groups in total. The maximum absolute atomic E-state index is 12.2. The lowest BCUT2D eigenvalue weighted by Gasteiger charge is -2.29. The predicted octanol–water partition coefficient (Wildman–Crippen LogP) is 4.05. The van der Waals surface area contributed by atoms with Gasteiger partial charge in [0.05, 0.1) is 5.75 Å². The molecule has 0 saturated heterocycles. The third-order valence-electron chi connectivity index (χ3n) is 3.97. The fourth-order valence-corrected chi connectivity index (χ4v) is 3.44. The van der Waals surface area contributed by atoms with Crippen molar-refractivity contribution in [1.29, 1.82) is 0 Å². The van der Waals surface area contributed by atoms with E-state index < -0.39 is 0 Å². The molecule has 0 unspecified atom stereocenters. The van der Waals surface area contributed by atoms with Crippen LogP contribution < -0.4 is 15.8 Å². The number of hydrogen-bond donors (Lipinski definition) is 2. The highest BCUT2D eigenvalue weighted by Gasteiger charge is 2.13. The molecular weight excluding hydrogens is 372 g/mol. The maximum Gasteiger partial charge on any atom is 0.251 e. The van der Waals surface area contributed by atoms with Crippen molar-refractivity contribution >= 4 is 34.7 Å². The molecule has 6 nitrogen and oxygen atoms in total. The van der Waals surface area contributed by atoms with E-state index in [9.17, 15) is 9.59 Å². The molecule has 0 radical (unpaired) electrons. The Labute approximate surface area is 168 Å². The number of hydrogen-bond acceptors (Lipinski definition) is 5. The van der Waals surface area contributed by atoms with Crippen LogP contribution in [0.1, 0.15) is 13.8 Å². The second-order valence-electron chi connectivity index (χ2n) is 6.42. The predicted molar refractivity (Wildman–Crippen MR) is 114 cm³/mol. The number of aromatic nitrogens is 2. The van der Waals surface area contributed by atoms with Crippen molar-refractivity contribution in [2.24, 2.45) is 0 Å². The number of H-pyrrole nitrogens is 1. The number of carbonyl (C=O) groups excluding carboxylic acids is 1. The summed E-state index contributed by atoms with van der Waals surface area (Å²) in [4.78, 5) is 32.2. The molecule has 28 heavy (non-hydrogen) atoms. The number of aromatic amines is 1. The van der Waals surface area contributed by atoms with E-state index in [-0.39, 0.29) is 17.2 Å². The molecule has 0 fully saturated rings. The van der Waals surface area contributed by atoms with E-state index in [1.807, 2.05) is 42.5 Å². The third-order valence-corrected chi connectivity index (χ3v) is 4.86. The normalized spacial score (nSPS) is 10.7. The molecule has 1 aromatic heterocycles. The van der Waals surface area contributed by atoms with Crippen molar-refractivity contribution in [2.75, 3.05) is 16.0 Å². The molecule has 3 aromatic rings. The molecule has 0 aliphatic heterocycles. The van der Waals surface area contributed by atoms with Crippen LogP contribution in [0.25, 0.3) is 0 Å². The molecule has 0 aliphatic rings. The number of thioether (sulfide) groups is 1. The first-order chi connectivity index (χ1) is 13.5. The fourth-order valence-electron chi connectivity index (χ4n) is 2.80. The number of benzene rings is 2. The summed E-state index contributed by atoms with van der Waals surface area (Å²) in [6, 6.07) is 19.6. The first-order valence-electron chi connectivity index (χ1n) is 8.95. The highest BCUT2D eigenvalue weighted by molar-refractivity contribution is 7.99. The molecule has 1 heterocycles. The largest absolute Gasteiger partial charge is 0.339 e. The van der Waals surface area contributed by atoms with E-state index in [1.54, 1.807) is 0 Å². The summed E-state index contributed by atoms with van der Waals surface area (Å²) in [5, 5.41) is 3.29. The summed E-state index contributed by atoms with van der Waals surface area (Å²) in [5.74, 6) is 0.00430. The molecule has 0 bridgehead atoms. The van der Waals surface area contributed by atoms with Crippen molar-refractivity contribution in [1.82, 2.24) is 9.97 Å². The van der Waals surface area contributed by atoms with E-state index >= 15 is 0 Å². The number of rotatable bonds is 7. The lowest BCUT2D eigenvalue weighted by Crippen LogP contribution is -2.25. The van der Waals surface area contributed by atoms with Gasteiger partial charge in [0, 0.05) is 35.4 Å². The molecule has 0 atom stereocenters. The summed E-state index contributed by atoms with van der Waals surface area (Å²) in [6.07, 6.45) is 1.42. The van der Waals surface area contributed by atoms with Crippen LogP contribution in [0.2, 0.25) is 0 Å². The first-order valence-corrected chi connectivity index (χ1v) is 9.94. The molecule has 3 rings (SSSR count). The minimum Gasteiger partial charge on any atom is -0.339 e. The molecule has 7 heteroatoms. The van der Waals surface area contributed by atoms with Gasteiger partial charge in [-0.1, -0.05) is 30.0 Å². The van der Waals surface area contributed by atoms with Crippen LogP contribution in [0.5, 0.6) is 0 Å². The number of nitrogens with one attached hydrogen (secondary N) is 2. The number of carbonyl (C=O) groups is 1. The Kier molecular flexibility index (Phi) is 6.49. The second kappa shape index (κ2) is 9.23. The van der Waals surface area contributed by atoms with Gasteiger partial charge >= 0.3 is 0 Å². The van der Waals surface area contributed by atoms with E-state index in [2.05, 4.69) is 46.2 Å². The minimum absolute atomic E-state index is 0.159. The molecule has 0 aliphatic carbocycles. The highest BCUT2D eigenvalue weighted by atomic mass is 32.2. The Hall–Kier alpha value is -3.06. The van der Waals surface area contributed by atoms with Gasteiger partial charge in [-0.15, -0.1) is 0 Å². The second-order valence-corrected chi connectivity index (χ2v) is 7.39. The summed E-state index contributed by atoms with van der Waals surface area (Å²) >= 11 is 1.18. The van der Waals surface area contributed by atoms with Gasteiger partial charge in [-0.3, -0.25) is 9.59 Å². The Bertz CT molecular complexity index is 971. The fraction of sp³-hybridized carbons (Fsp3) is 0.190. The van der Waals surface area contributed by atoms with Crippen LogP contribution in [0.4, 0.5) is 17.1 Å². The number of para-hydroxylation sites is 1. The van der Waals surface area contributed by atoms with Crippen LogP contribution in [0, 0.1) is 0 Å². The van der Waals surface area contributed by atoms with Crippen molar-refractivity contribution in [3.8, 4) is 0 Å². The molecular formula is C21H22N4O2S. The summed E-state index contributed by atoms with van der Waals surface area (Å²) in [7, 11) is 0. The van der Waals surface area contributed by atoms with Gasteiger partial charge in [-0.05, 0) is 50.2 Å². The number of anilines is 3. The molecule has 0 spiro atoms. The van der Waals surface area contributed by atoms with Gasteiger partial charge in [0.2, 0.25) is 5.91 Å². The van der Waals surface area contributed by atoms with Gasteiger partial charge in [0.1, 0.15) is 0 Å². The average Bonchev–Trinajstić information content (AvgIpc) is 2.69. The van der Waals surface area contributed by atoms with Crippen molar-refractivity contribution in [3.05, 3.63) is 77.2 Å². The molecule has 144 valence electrons. The average molecular weight is 395 g/mol. The number of nitrogens with zero attached hydrogens (tertiary/aromatic N) is 2. The summed E-state index contributed by atoms with van der Waals surface area (Å²) < 4.78 is 0. The van der Waals surface area contributed by atoms with E-state index in [0.29, 0.717) is 11.2 Å². The topological polar surface area (TPSA) is 78.1 Å². The molecule has 0 saturated carbocycles. The van der Waals surface area contributed by atoms with Gasteiger partial charge < -0.3 is 15.2 Å². The third kappa shape index (κ3) is 5.23. The standard InChI is InChI=1S/C21H22N4O2S/c1-15(2)25(17-6-4-3-5-7-17)18-10-8-16(9-11-18)23-20(27)14-28-21-22-13-12-19(26)24-21/h3-13,15H,14H2,1-2H3,(H,23,27)(H,22,24,26). The Morgan fingerprint density at radius 3 is 2.39 bits per heavy atom. The Balaban J connectivity index is 1.63. The Morgan fingerprint density at radius 1 is 1.07 bits per heavy atom. The van der Waals surface area contributed by atoms with Crippen LogP contribution in [0.3, 0.4) is 0 Å². The van der Waals surface area contributed by atoms with Crippen LogP contribution in [0.15, 0.2) is 76.8 Å². The van der Waals surface area contributed by atoms with Gasteiger partial charge in [-0.25, -0.2) is 4.98 Å². The van der Waals surface area contributed by atoms with Crippen molar-refractivity contribution in [2.45, 2.75) is 25.0 Å². The van der Waals surface area contributed by atoms with Crippen molar-refractivity contribution in [3.63, 3.8) is 0 Å². The monoisotopic (exact) mass is 394 g/mol. The van der Waals surface area contributed by atoms with Crippen LogP contribution in [-0.2, 0) is 4.79 Å². The van der Waals surface area contributed by atoms with E-state index in [0.717, 1.165) is 17.1 Å². The van der Waals surface area contributed by atoms with E-state index in [4.69, 9.17) is 0 Å². The molecule has 1 amide bonds. The molecule has 2 aromatic carbocycles. The Morgan fingerprint density at radius 2 is 1.75 bits per heavy atom. The summed E-state index contributed by atoms with van der Waals surface area (Å²) in [6.45, 7) is 4.28. The SMILES string of the molecule is CC(C)N(c1ccccc1)c1ccc(NC(=O)CSc2nccc(=O)[nH]2)cc1. The first kappa shape index (κ1) is 19.7. The maximum atomic E-state index is 12.2. The van der Waals surface area contributed by atoms with Crippen molar-refractivity contribution < 1.29 is 4.79 Å². The smallest absolute Gasteiger partial charge is 0.251 e. The zero-order valence-electron chi connectivity index (χ0n) is 15.8. The lowest BCUT2D eigenvalue weighted by molar-refractivity contribution is -0.113. The minimum atomic E-state index is -0.235.